The monoisotopic (exact) mass is 182 g/mol. The molecule has 0 radical (unpaired) electrons. The van der Waals surface area contributed by atoms with Crippen LogP contribution in [-0.2, 0) is 10.3 Å². The first kappa shape index (κ1) is 8.78. The normalized spacial score (nSPS) is 29.9. The van der Waals surface area contributed by atoms with Crippen molar-refractivity contribution in [3.63, 3.8) is 0 Å². The van der Waals surface area contributed by atoms with Crippen LogP contribution < -0.4 is 0 Å². The molecule has 3 nitrogen and oxygen atoms in total. The molecule has 0 bridgehead atoms. The van der Waals surface area contributed by atoms with E-state index in [0.29, 0.717) is 18.8 Å². The zero-order valence-electron chi connectivity index (χ0n) is 7.53. The number of hydrogen-bond acceptors (Lipinski definition) is 3. The van der Waals surface area contributed by atoms with Crippen molar-refractivity contribution in [2.75, 3.05) is 13.2 Å². The van der Waals surface area contributed by atoms with Crippen molar-refractivity contribution in [3.05, 3.63) is 24.2 Å². The Bertz CT molecular complexity index is 245. The topological polar surface area (TPSA) is 42.6 Å². The third-order valence-corrected chi connectivity index (χ3v) is 2.52. The summed E-state index contributed by atoms with van der Waals surface area (Å²) < 4.78 is 10.5. The van der Waals surface area contributed by atoms with Crippen molar-refractivity contribution >= 4 is 0 Å². The fourth-order valence-corrected chi connectivity index (χ4v) is 1.72. The van der Waals surface area contributed by atoms with Crippen LogP contribution in [0.1, 0.15) is 25.0 Å². The summed E-state index contributed by atoms with van der Waals surface area (Å²) in [6, 6.07) is 3.63. The smallest absolute Gasteiger partial charge is 0.135 e. The third-order valence-electron chi connectivity index (χ3n) is 2.52. The molecule has 1 aromatic heterocycles. The maximum Gasteiger partial charge on any atom is 0.135 e. The first-order valence-corrected chi connectivity index (χ1v) is 4.65. The minimum atomic E-state index is -0.806. The molecule has 0 aromatic carbocycles. The third kappa shape index (κ3) is 1.76. The van der Waals surface area contributed by atoms with Crippen molar-refractivity contribution in [2.24, 2.45) is 0 Å². The van der Waals surface area contributed by atoms with Crippen LogP contribution in [-0.4, -0.2) is 18.3 Å². The highest BCUT2D eigenvalue weighted by molar-refractivity contribution is 5.09. The lowest BCUT2D eigenvalue weighted by Crippen LogP contribution is -2.25. The molecular formula is C10H14O3. The lowest BCUT2D eigenvalue weighted by atomic mass is 9.92. The van der Waals surface area contributed by atoms with Gasteiger partial charge in [0.2, 0.25) is 0 Å². The Labute approximate surface area is 77.3 Å². The highest BCUT2D eigenvalue weighted by Gasteiger charge is 2.32. The molecule has 1 N–H and O–H groups in total. The molecule has 0 amide bonds. The summed E-state index contributed by atoms with van der Waals surface area (Å²) in [5.74, 6) is 0.665. The van der Waals surface area contributed by atoms with Crippen molar-refractivity contribution < 1.29 is 14.3 Å². The minimum absolute atomic E-state index is 0.608. The summed E-state index contributed by atoms with van der Waals surface area (Å²) in [6.45, 7) is 1.35. The van der Waals surface area contributed by atoms with Crippen LogP contribution in [0.2, 0.25) is 0 Å². The van der Waals surface area contributed by atoms with Crippen LogP contribution in [0.4, 0.5) is 0 Å². The van der Waals surface area contributed by atoms with Crippen LogP contribution in [0.15, 0.2) is 22.8 Å². The van der Waals surface area contributed by atoms with Crippen molar-refractivity contribution in [1.29, 1.82) is 0 Å². The SMILES string of the molecule is OC1(c2ccco2)CCCOCC1. The molecular weight excluding hydrogens is 168 g/mol. The first-order chi connectivity index (χ1) is 6.31. The second-order valence-corrected chi connectivity index (χ2v) is 3.47. The van der Waals surface area contributed by atoms with E-state index >= 15 is 0 Å². The molecule has 1 aliphatic rings. The average molecular weight is 182 g/mol. The van der Waals surface area contributed by atoms with Gasteiger partial charge >= 0.3 is 0 Å². The van der Waals surface area contributed by atoms with Gasteiger partial charge in [-0.1, -0.05) is 0 Å². The Hall–Kier alpha value is -0.800. The van der Waals surface area contributed by atoms with Crippen molar-refractivity contribution in [3.8, 4) is 0 Å². The van der Waals surface area contributed by atoms with Crippen molar-refractivity contribution in [2.45, 2.75) is 24.9 Å². The minimum Gasteiger partial charge on any atom is -0.466 e. The molecule has 1 atom stereocenters. The van der Waals surface area contributed by atoms with Gasteiger partial charge in [0.25, 0.3) is 0 Å². The molecule has 0 spiro atoms. The van der Waals surface area contributed by atoms with Gasteiger partial charge in [-0.05, 0) is 25.0 Å². The van der Waals surface area contributed by atoms with Gasteiger partial charge in [0, 0.05) is 19.6 Å². The second kappa shape index (κ2) is 3.52. The average Bonchev–Trinajstić information content (AvgIpc) is 2.57. The van der Waals surface area contributed by atoms with Gasteiger partial charge in [-0.25, -0.2) is 0 Å². The summed E-state index contributed by atoms with van der Waals surface area (Å²) in [5, 5.41) is 10.2. The number of aliphatic hydroxyl groups is 1. The van der Waals surface area contributed by atoms with E-state index in [2.05, 4.69) is 0 Å². The summed E-state index contributed by atoms with van der Waals surface area (Å²) in [4.78, 5) is 0. The van der Waals surface area contributed by atoms with Crippen LogP contribution in [0.25, 0.3) is 0 Å². The standard InChI is InChI=1S/C10H14O3/c11-10(9-3-1-7-13-9)4-2-6-12-8-5-10/h1,3,7,11H,2,4-6,8H2. The molecule has 72 valence electrons. The molecule has 0 saturated carbocycles. The largest absolute Gasteiger partial charge is 0.466 e. The van der Waals surface area contributed by atoms with E-state index in [9.17, 15) is 5.11 Å². The number of ether oxygens (including phenoxy) is 1. The fourth-order valence-electron chi connectivity index (χ4n) is 1.72. The molecule has 0 aliphatic carbocycles. The predicted molar refractivity (Wildman–Crippen MR) is 47.3 cm³/mol. The van der Waals surface area contributed by atoms with E-state index in [-0.39, 0.29) is 0 Å². The highest BCUT2D eigenvalue weighted by Crippen LogP contribution is 2.32. The molecule has 1 fully saturated rings. The molecule has 2 rings (SSSR count). The molecule has 1 unspecified atom stereocenters. The van der Waals surface area contributed by atoms with Gasteiger partial charge < -0.3 is 14.3 Å². The summed E-state index contributed by atoms with van der Waals surface area (Å²) in [7, 11) is 0. The van der Waals surface area contributed by atoms with Gasteiger partial charge in [0.05, 0.1) is 6.26 Å². The quantitative estimate of drug-likeness (QED) is 0.718. The first-order valence-electron chi connectivity index (χ1n) is 4.65. The van der Waals surface area contributed by atoms with Gasteiger partial charge in [-0.2, -0.15) is 0 Å². The van der Waals surface area contributed by atoms with Crippen LogP contribution in [0.3, 0.4) is 0 Å². The number of hydrogen-bond donors (Lipinski definition) is 1. The van der Waals surface area contributed by atoms with E-state index in [0.717, 1.165) is 19.4 Å². The van der Waals surface area contributed by atoms with E-state index in [1.54, 1.807) is 12.3 Å². The molecule has 1 aliphatic heterocycles. The van der Waals surface area contributed by atoms with Gasteiger partial charge in [-0.15, -0.1) is 0 Å². The summed E-state index contributed by atoms with van der Waals surface area (Å²) in [5.41, 5.74) is -0.806. The fraction of sp³-hybridized carbons (Fsp3) is 0.600. The van der Waals surface area contributed by atoms with Crippen LogP contribution in [0, 0.1) is 0 Å². The maximum atomic E-state index is 10.2. The Kier molecular flexibility index (Phi) is 2.38. The Balaban J connectivity index is 2.17. The summed E-state index contributed by atoms with van der Waals surface area (Å²) >= 11 is 0. The van der Waals surface area contributed by atoms with Gasteiger partial charge in [0.1, 0.15) is 11.4 Å². The van der Waals surface area contributed by atoms with Gasteiger partial charge in [-0.3, -0.25) is 0 Å². The molecule has 1 saturated heterocycles. The van der Waals surface area contributed by atoms with Gasteiger partial charge in [0.15, 0.2) is 0 Å². The zero-order valence-corrected chi connectivity index (χ0v) is 7.53. The van der Waals surface area contributed by atoms with E-state index in [4.69, 9.17) is 9.15 Å². The Morgan fingerprint density at radius 1 is 1.31 bits per heavy atom. The summed E-state index contributed by atoms with van der Waals surface area (Å²) in [6.07, 6.45) is 3.83. The van der Waals surface area contributed by atoms with E-state index < -0.39 is 5.60 Å². The zero-order chi connectivity index (χ0) is 9.15. The number of rotatable bonds is 1. The Morgan fingerprint density at radius 3 is 3.00 bits per heavy atom. The molecule has 2 heterocycles. The van der Waals surface area contributed by atoms with Crippen molar-refractivity contribution in [1.82, 2.24) is 0 Å². The van der Waals surface area contributed by atoms with Crippen LogP contribution in [0.5, 0.6) is 0 Å². The Morgan fingerprint density at radius 2 is 2.23 bits per heavy atom. The van der Waals surface area contributed by atoms with E-state index in [1.807, 2.05) is 6.07 Å². The van der Waals surface area contributed by atoms with Crippen LogP contribution >= 0.6 is 0 Å². The molecule has 1 aromatic rings. The molecule has 13 heavy (non-hydrogen) atoms. The lowest BCUT2D eigenvalue weighted by molar-refractivity contribution is -0.00507. The highest BCUT2D eigenvalue weighted by atomic mass is 16.5. The lowest BCUT2D eigenvalue weighted by Gasteiger charge is -2.22. The predicted octanol–water partition coefficient (Wildman–Crippen LogP) is 1.67. The molecule has 3 heteroatoms. The maximum absolute atomic E-state index is 10.2. The number of furan rings is 1. The second-order valence-electron chi connectivity index (χ2n) is 3.47. The van der Waals surface area contributed by atoms with E-state index in [1.165, 1.54) is 0 Å².